The number of amides is 1. The van der Waals surface area contributed by atoms with Gasteiger partial charge in [-0.3, -0.25) is 4.90 Å². The van der Waals surface area contributed by atoms with Crippen LogP contribution in [0.1, 0.15) is 38.2 Å². The molecule has 0 unspecified atom stereocenters. The molecule has 1 aromatic heterocycles. The third kappa shape index (κ3) is 3.61. The van der Waals surface area contributed by atoms with Crippen molar-refractivity contribution in [3.8, 4) is 11.3 Å². The van der Waals surface area contributed by atoms with Gasteiger partial charge in [-0.25, -0.2) is 9.78 Å². The summed E-state index contributed by atoms with van der Waals surface area (Å²) in [4.78, 5) is 21.4. The van der Waals surface area contributed by atoms with Gasteiger partial charge in [0.2, 0.25) is 0 Å². The smallest absolute Gasteiger partial charge is 0.408 e. The van der Waals surface area contributed by atoms with Crippen molar-refractivity contribution in [1.29, 1.82) is 0 Å². The lowest BCUT2D eigenvalue weighted by atomic mass is 9.98. The molecule has 0 aliphatic rings. The number of hydrogen-bond donors (Lipinski definition) is 2. The number of rotatable bonds is 4. The molecule has 0 bridgehead atoms. The topological polar surface area (TPSA) is 69.2 Å². The van der Waals surface area contributed by atoms with E-state index in [9.17, 15) is 9.90 Å². The van der Waals surface area contributed by atoms with E-state index in [2.05, 4.69) is 4.98 Å². The third-order valence-electron chi connectivity index (χ3n) is 4.23. The minimum atomic E-state index is -0.982. The largest absolute Gasteiger partial charge is 0.465 e. The van der Waals surface area contributed by atoms with E-state index in [1.54, 1.807) is 0 Å². The first-order chi connectivity index (χ1) is 12.4. The molecule has 0 saturated heterocycles. The number of H-pyrrole nitrogens is 1. The normalized spacial score (nSPS) is 12.6. The minimum Gasteiger partial charge on any atom is -0.465 e. The summed E-state index contributed by atoms with van der Waals surface area (Å²) in [5, 5.41) is 9.91. The molecule has 1 heterocycles. The van der Waals surface area contributed by atoms with Crippen LogP contribution in [-0.2, 0) is 0 Å². The number of aromatic nitrogens is 2. The molecule has 0 saturated carbocycles. The quantitative estimate of drug-likeness (QED) is 0.700. The molecule has 1 atom stereocenters. The summed E-state index contributed by atoms with van der Waals surface area (Å²) < 4.78 is 0. The lowest BCUT2D eigenvalue weighted by molar-refractivity contribution is 0.0789. The molecule has 2 N–H and O–H groups in total. The number of carboxylic acid groups (broad SMARTS) is 1. The number of hydrogen-bond acceptors (Lipinski definition) is 2. The molecule has 5 heteroatoms. The fourth-order valence-corrected chi connectivity index (χ4v) is 3.08. The van der Waals surface area contributed by atoms with E-state index in [0.717, 1.165) is 16.8 Å². The van der Waals surface area contributed by atoms with Gasteiger partial charge in [0, 0.05) is 17.3 Å². The van der Waals surface area contributed by atoms with E-state index in [-0.39, 0.29) is 0 Å². The highest BCUT2D eigenvalue weighted by Gasteiger charge is 2.36. The zero-order chi connectivity index (χ0) is 18.7. The van der Waals surface area contributed by atoms with Crippen molar-refractivity contribution in [2.75, 3.05) is 0 Å². The molecule has 1 amide bonds. The van der Waals surface area contributed by atoms with E-state index in [1.165, 1.54) is 4.90 Å². The van der Waals surface area contributed by atoms with Gasteiger partial charge in [-0.15, -0.1) is 0 Å². The summed E-state index contributed by atoms with van der Waals surface area (Å²) in [5.74, 6) is 0.604. The highest BCUT2D eigenvalue weighted by atomic mass is 16.4. The summed E-state index contributed by atoms with van der Waals surface area (Å²) in [6.07, 6.45) is 0.840. The van der Waals surface area contributed by atoms with Crippen LogP contribution in [0.5, 0.6) is 0 Å². The molecule has 2 aromatic carbocycles. The number of imidazole rings is 1. The lowest BCUT2D eigenvalue weighted by Gasteiger charge is -2.39. The minimum absolute atomic E-state index is 0.522. The van der Waals surface area contributed by atoms with E-state index in [1.807, 2.05) is 87.6 Å². The molecule has 3 aromatic rings. The first-order valence-electron chi connectivity index (χ1n) is 8.56. The van der Waals surface area contributed by atoms with Crippen LogP contribution in [0.2, 0.25) is 0 Å². The number of nitrogens with one attached hydrogen (secondary N) is 1. The van der Waals surface area contributed by atoms with Crippen molar-refractivity contribution in [2.45, 2.75) is 32.4 Å². The van der Waals surface area contributed by atoms with Crippen molar-refractivity contribution >= 4 is 6.09 Å². The van der Waals surface area contributed by atoms with Gasteiger partial charge in [0.15, 0.2) is 0 Å². The lowest BCUT2D eigenvalue weighted by Crippen LogP contribution is -2.47. The van der Waals surface area contributed by atoms with Crippen molar-refractivity contribution < 1.29 is 9.90 Å². The summed E-state index contributed by atoms with van der Waals surface area (Å²) >= 11 is 0. The van der Waals surface area contributed by atoms with Crippen LogP contribution >= 0.6 is 0 Å². The molecule has 3 rings (SSSR count). The monoisotopic (exact) mass is 349 g/mol. The second-order valence-corrected chi connectivity index (χ2v) is 7.17. The molecule has 26 heavy (non-hydrogen) atoms. The van der Waals surface area contributed by atoms with Crippen LogP contribution in [0, 0.1) is 0 Å². The van der Waals surface area contributed by atoms with Crippen LogP contribution < -0.4 is 0 Å². The van der Waals surface area contributed by atoms with E-state index < -0.39 is 17.7 Å². The second-order valence-electron chi connectivity index (χ2n) is 7.17. The summed E-state index contributed by atoms with van der Waals surface area (Å²) in [6.45, 7) is 5.66. The zero-order valence-corrected chi connectivity index (χ0v) is 15.2. The van der Waals surface area contributed by atoms with E-state index in [0.29, 0.717) is 5.82 Å². The predicted molar refractivity (Wildman–Crippen MR) is 102 cm³/mol. The molecular weight excluding hydrogens is 326 g/mol. The number of aromatic amines is 1. The van der Waals surface area contributed by atoms with Crippen molar-refractivity contribution in [3.05, 3.63) is 78.2 Å². The van der Waals surface area contributed by atoms with Crippen LogP contribution in [0.25, 0.3) is 11.3 Å². The van der Waals surface area contributed by atoms with Crippen LogP contribution in [0.4, 0.5) is 4.79 Å². The average molecular weight is 349 g/mol. The van der Waals surface area contributed by atoms with E-state index >= 15 is 0 Å². The van der Waals surface area contributed by atoms with Crippen LogP contribution in [0.15, 0.2) is 66.9 Å². The zero-order valence-electron chi connectivity index (χ0n) is 15.2. The van der Waals surface area contributed by atoms with Gasteiger partial charge in [-0.1, -0.05) is 60.7 Å². The fraction of sp³-hybridized carbons (Fsp3) is 0.238. The number of carbonyl (C=O) groups is 1. The van der Waals surface area contributed by atoms with Crippen molar-refractivity contribution in [1.82, 2.24) is 14.9 Å². The van der Waals surface area contributed by atoms with Crippen LogP contribution in [0.3, 0.4) is 0 Å². The second kappa shape index (κ2) is 7.04. The van der Waals surface area contributed by atoms with Gasteiger partial charge in [0.05, 0.1) is 5.69 Å². The maximum atomic E-state index is 12.1. The predicted octanol–water partition coefficient (Wildman–Crippen LogP) is 4.94. The first kappa shape index (κ1) is 17.7. The molecule has 134 valence electrons. The highest BCUT2D eigenvalue weighted by molar-refractivity contribution is 5.68. The van der Waals surface area contributed by atoms with Gasteiger partial charge >= 0.3 is 6.09 Å². The molecule has 0 spiro atoms. The summed E-state index contributed by atoms with van der Waals surface area (Å²) in [6, 6.07) is 18.9. The van der Waals surface area contributed by atoms with E-state index in [4.69, 9.17) is 4.98 Å². The van der Waals surface area contributed by atoms with Crippen molar-refractivity contribution in [3.63, 3.8) is 0 Å². The Labute approximate surface area is 153 Å². The average Bonchev–Trinajstić information content (AvgIpc) is 3.09. The third-order valence-corrected chi connectivity index (χ3v) is 4.23. The van der Waals surface area contributed by atoms with Crippen LogP contribution in [-0.4, -0.2) is 31.6 Å². The molecule has 0 aliphatic carbocycles. The Balaban J connectivity index is 2.10. The molecule has 0 radical (unpaired) electrons. The Morgan fingerprint density at radius 2 is 1.62 bits per heavy atom. The SMILES string of the molecule is CC(C)(C)N(C(=O)O)[C@H](c1ccccc1)c1nc(-c2ccccc2)c[nH]1. The fourth-order valence-electron chi connectivity index (χ4n) is 3.08. The Morgan fingerprint density at radius 1 is 1.04 bits per heavy atom. The highest BCUT2D eigenvalue weighted by Crippen LogP contribution is 2.33. The molecule has 0 fully saturated rings. The Kier molecular flexibility index (Phi) is 4.80. The van der Waals surface area contributed by atoms with Gasteiger partial charge in [-0.2, -0.15) is 0 Å². The molecule has 5 nitrogen and oxygen atoms in total. The Hall–Kier alpha value is -3.08. The summed E-state index contributed by atoms with van der Waals surface area (Å²) in [7, 11) is 0. The maximum Gasteiger partial charge on any atom is 0.408 e. The standard InChI is InChI=1S/C21H23N3O2/c1-21(2,3)24(20(25)26)18(16-12-8-5-9-13-16)19-22-14-17(23-19)15-10-6-4-7-11-15/h4-14,18H,1-3H3,(H,22,23)(H,25,26)/t18-/m1/s1. The van der Waals surface area contributed by atoms with Gasteiger partial charge in [0.1, 0.15) is 11.9 Å². The molecular formula is C21H23N3O2. The number of nitrogens with zero attached hydrogens (tertiary/aromatic N) is 2. The van der Waals surface area contributed by atoms with Crippen molar-refractivity contribution in [2.24, 2.45) is 0 Å². The first-order valence-corrected chi connectivity index (χ1v) is 8.56. The Bertz CT molecular complexity index is 867. The van der Waals surface area contributed by atoms with Gasteiger partial charge < -0.3 is 10.1 Å². The van der Waals surface area contributed by atoms with Gasteiger partial charge in [-0.05, 0) is 26.3 Å². The maximum absolute atomic E-state index is 12.1. The number of benzene rings is 2. The van der Waals surface area contributed by atoms with Gasteiger partial charge in [0.25, 0.3) is 0 Å². The molecule has 0 aliphatic heterocycles. The Morgan fingerprint density at radius 3 is 2.15 bits per heavy atom. The summed E-state index contributed by atoms with van der Waals surface area (Å²) in [5.41, 5.74) is 2.06.